The Balaban J connectivity index is 1.69. The molecular weight excluding hydrogens is 327 g/mol. The fourth-order valence-corrected chi connectivity index (χ4v) is 2.83. The number of aliphatic imine (C=N–C) groups is 1. The zero-order valence-corrected chi connectivity index (χ0v) is 14.7. The third-order valence-corrected chi connectivity index (χ3v) is 3.97. The van der Waals surface area contributed by atoms with Gasteiger partial charge in [0.05, 0.1) is 0 Å². The first kappa shape index (κ1) is 17.5. The minimum atomic E-state index is -0.508. The second-order valence-corrected chi connectivity index (χ2v) is 6.96. The summed E-state index contributed by atoms with van der Waals surface area (Å²) < 4.78 is 19.2. The maximum Gasteiger partial charge on any atom is 0.410 e. The van der Waals surface area contributed by atoms with Crippen molar-refractivity contribution in [3.05, 3.63) is 29.8 Å². The molecule has 3 rings (SSSR count). The van der Waals surface area contributed by atoms with E-state index in [0.29, 0.717) is 31.7 Å². The van der Waals surface area contributed by atoms with Gasteiger partial charge < -0.3 is 14.5 Å². The van der Waals surface area contributed by atoms with Crippen molar-refractivity contribution in [2.75, 3.05) is 37.8 Å². The highest BCUT2D eigenvalue weighted by molar-refractivity contribution is 6.03. The monoisotopic (exact) mass is 350 g/mol. The standard InChI is InChI=1S/C17H23FN4O3/c1-17(2,3)25-16(23)21-10-8-20(9-11-21)14-7-5-4-6-13(14)15-19-12-24-22(15)18/h4-7H,8-12H2,1-3H3. The molecule has 1 fully saturated rings. The lowest BCUT2D eigenvalue weighted by atomic mass is 10.1. The summed E-state index contributed by atoms with van der Waals surface area (Å²) in [4.78, 5) is 24.8. The molecule has 1 amide bonds. The first-order valence-electron chi connectivity index (χ1n) is 8.31. The molecule has 2 heterocycles. The Hall–Kier alpha value is -2.35. The quantitative estimate of drug-likeness (QED) is 0.768. The van der Waals surface area contributed by atoms with Gasteiger partial charge in [0.1, 0.15) is 5.60 Å². The normalized spacial score (nSPS) is 18.4. The lowest BCUT2D eigenvalue weighted by Gasteiger charge is -2.37. The third-order valence-electron chi connectivity index (χ3n) is 3.97. The molecule has 0 N–H and O–H groups in total. The Morgan fingerprint density at radius 3 is 2.48 bits per heavy atom. The zero-order chi connectivity index (χ0) is 18.0. The Bertz CT molecular complexity index is 666. The summed E-state index contributed by atoms with van der Waals surface area (Å²) in [6, 6.07) is 7.48. The van der Waals surface area contributed by atoms with E-state index in [9.17, 15) is 9.28 Å². The van der Waals surface area contributed by atoms with Gasteiger partial charge in [0.2, 0.25) is 0 Å². The number of amidine groups is 1. The van der Waals surface area contributed by atoms with Crippen molar-refractivity contribution < 1.29 is 18.9 Å². The number of para-hydroxylation sites is 1. The van der Waals surface area contributed by atoms with E-state index in [4.69, 9.17) is 9.57 Å². The summed E-state index contributed by atoms with van der Waals surface area (Å²) >= 11 is 0. The van der Waals surface area contributed by atoms with Crippen LogP contribution in [-0.4, -0.2) is 60.6 Å². The van der Waals surface area contributed by atoms with Crippen LogP contribution in [0.25, 0.3) is 0 Å². The van der Waals surface area contributed by atoms with Gasteiger partial charge in [0.15, 0.2) is 12.6 Å². The number of halogens is 1. The van der Waals surface area contributed by atoms with Crippen molar-refractivity contribution in [1.29, 1.82) is 0 Å². The molecular formula is C17H23FN4O3. The number of anilines is 1. The number of carbonyl (C=O) groups excluding carboxylic acids is 1. The Morgan fingerprint density at radius 2 is 1.88 bits per heavy atom. The van der Waals surface area contributed by atoms with Crippen molar-refractivity contribution in [3.8, 4) is 0 Å². The van der Waals surface area contributed by atoms with Crippen LogP contribution in [0.1, 0.15) is 26.3 Å². The molecule has 0 atom stereocenters. The van der Waals surface area contributed by atoms with Crippen LogP contribution in [0.3, 0.4) is 0 Å². The molecule has 0 bridgehead atoms. The van der Waals surface area contributed by atoms with Gasteiger partial charge in [-0.05, 0) is 32.9 Å². The van der Waals surface area contributed by atoms with Crippen LogP contribution < -0.4 is 4.90 Å². The first-order chi connectivity index (χ1) is 11.8. The molecule has 0 unspecified atom stereocenters. The van der Waals surface area contributed by atoms with Gasteiger partial charge in [-0.15, -0.1) is 0 Å². The number of ether oxygens (including phenoxy) is 1. The van der Waals surface area contributed by atoms with Gasteiger partial charge >= 0.3 is 6.09 Å². The summed E-state index contributed by atoms with van der Waals surface area (Å²) in [5.41, 5.74) is 1.04. The number of nitrogens with zero attached hydrogens (tertiary/aromatic N) is 4. The van der Waals surface area contributed by atoms with Gasteiger partial charge in [-0.2, -0.15) is 0 Å². The number of hydroxylamine groups is 1. The van der Waals surface area contributed by atoms with Crippen LogP contribution in [-0.2, 0) is 9.57 Å². The molecule has 0 saturated carbocycles. The Kier molecular flexibility index (Phi) is 4.80. The van der Waals surface area contributed by atoms with Crippen LogP contribution in [0.2, 0.25) is 0 Å². The van der Waals surface area contributed by atoms with Crippen LogP contribution in [0.4, 0.5) is 15.0 Å². The first-order valence-corrected chi connectivity index (χ1v) is 8.31. The molecule has 7 nitrogen and oxygen atoms in total. The highest BCUT2D eigenvalue weighted by Crippen LogP contribution is 2.26. The zero-order valence-electron chi connectivity index (χ0n) is 14.7. The molecule has 2 aliphatic heterocycles. The molecule has 25 heavy (non-hydrogen) atoms. The maximum atomic E-state index is 13.7. The average molecular weight is 350 g/mol. The number of hydrogen-bond donors (Lipinski definition) is 0. The second-order valence-electron chi connectivity index (χ2n) is 6.96. The van der Waals surface area contributed by atoms with Gasteiger partial charge in [0.25, 0.3) is 0 Å². The number of carbonyl (C=O) groups is 1. The van der Waals surface area contributed by atoms with Gasteiger partial charge in [-0.1, -0.05) is 21.9 Å². The molecule has 2 aliphatic rings. The van der Waals surface area contributed by atoms with E-state index in [1.54, 1.807) is 4.90 Å². The van der Waals surface area contributed by atoms with Crippen LogP contribution in [0, 0.1) is 0 Å². The molecule has 1 aromatic rings. The van der Waals surface area contributed by atoms with Crippen molar-refractivity contribution in [1.82, 2.24) is 10.2 Å². The summed E-state index contributed by atoms with van der Waals surface area (Å²) in [7, 11) is 0. The van der Waals surface area contributed by atoms with Gasteiger partial charge in [-0.25, -0.2) is 14.6 Å². The fourth-order valence-electron chi connectivity index (χ4n) is 2.83. The number of piperazine rings is 1. The molecule has 0 radical (unpaired) electrons. The topological polar surface area (TPSA) is 57.6 Å². The average Bonchev–Trinajstić information content (AvgIpc) is 2.99. The second kappa shape index (κ2) is 6.87. The van der Waals surface area contributed by atoms with Crippen molar-refractivity contribution in [3.63, 3.8) is 0 Å². The summed E-state index contributed by atoms with van der Waals surface area (Å²) in [6.07, 6.45) is -0.302. The molecule has 1 aromatic carbocycles. The largest absolute Gasteiger partial charge is 0.444 e. The summed E-state index contributed by atoms with van der Waals surface area (Å²) in [5.74, 6) is 0.171. The minimum Gasteiger partial charge on any atom is -0.444 e. The van der Waals surface area contributed by atoms with Crippen molar-refractivity contribution in [2.45, 2.75) is 26.4 Å². The van der Waals surface area contributed by atoms with E-state index in [0.717, 1.165) is 5.69 Å². The number of benzene rings is 1. The van der Waals surface area contributed by atoms with Gasteiger partial charge in [-0.3, -0.25) is 0 Å². The molecule has 0 aliphatic carbocycles. The third kappa shape index (κ3) is 4.01. The van der Waals surface area contributed by atoms with E-state index in [2.05, 4.69) is 9.89 Å². The predicted octanol–water partition coefficient (Wildman–Crippen LogP) is 2.58. The molecule has 8 heteroatoms. The van der Waals surface area contributed by atoms with E-state index >= 15 is 0 Å². The number of hydrogen-bond acceptors (Lipinski definition) is 6. The van der Waals surface area contributed by atoms with Crippen LogP contribution >= 0.6 is 0 Å². The van der Waals surface area contributed by atoms with Crippen LogP contribution in [0.5, 0.6) is 0 Å². The van der Waals surface area contributed by atoms with Crippen molar-refractivity contribution in [2.24, 2.45) is 4.99 Å². The van der Waals surface area contributed by atoms with E-state index < -0.39 is 5.60 Å². The van der Waals surface area contributed by atoms with Crippen molar-refractivity contribution >= 4 is 17.6 Å². The van der Waals surface area contributed by atoms with E-state index in [-0.39, 0.29) is 23.9 Å². The molecule has 136 valence electrons. The Labute approximate surface area is 146 Å². The van der Waals surface area contributed by atoms with Gasteiger partial charge in [0, 0.05) is 37.4 Å². The predicted molar refractivity (Wildman–Crippen MR) is 91.9 cm³/mol. The Morgan fingerprint density at radius 1 is 1.20 bits per heavy atom. The molecule has 0 spiro atoms. The minimum absolute atomic E-state index is 0.0212. The summed E-state index contributed by atoms with van der Waals surface area (Å²) in [6.45, 7) is 7.90. The summed E-state index contributed by atoms with van der Waals surface area (Å²) in [5, 5.41) is 0.204. The smallest absolute Gasteiger partial charge is 0.410 e. The van der Waals surface area contributed by atoms with E-state index in [1.165, 1.54) is 0 Å². The van der Waals surface area contributed by atoms with Crippen LogP contribution in [0.15, 0.2) is 29.3 Å². The molecule has 0 aromatic heterocycles. The lowest BCUT2D eigenvalue weighted by Crippen LogP contribution is -2.50. The maximum absolute atomic E-state index is 13.7. The number of rotatable bonds is 2. The highest BCUT2D eigenvalue weighted by atomic mass is 19.2. The SMILES string of the molecule is CC(C)(C)OC(=O)N1CCN(c2ccccc2C2=NCON2F)CC1. The lowest BCUT2D eigenvalue weighted by molar-refractivity contribution is -0.202. The number of amides is 1. The fraction of sp³-hybridized carbons (Fsp3) is 0.529. The molecule has 1 saturated heterocycles. The van der Waals surface area contributed by atoms with E-state index in [1.807, 2.05) is 45.0 Å². The highest BCUT2D eigenvalue weighted by Gasteiger charge is 2.29.